The molecule has 2 aliphatic rings. The smallest absolute Gasteiger partial charge is 0.263 e. The van der Waals surface area contributed by atoms with Crippen molar-refractivity contribution < 1.29 is 14.4 Å². The van der Waals surface area contributed by atoms with Crippen molar-refractivity contribution in [2.45, 2.75) is 25.4 Å². The molecule has 0 aromatic heterocycles. The van der Waals surface area contributed by atoms with Crippen LogP contribution in [-0.4, -0.2) is 59.9 Å². The number of carbonyl (C=O) groups is 3. The molecule has 2 fully saturated rings. The average Bonchev–Trinajstić information content (AvgIpc) is 3.51. The van der Waals surface area contributed by atoms with Crippen LogP contribution in [0.5, 0.6) is 0 Å². The Bertz CT molecular complexity index is 754. The Labute approximate surface area is 167 Å². The number of nitrogens with two attached hydrogens (primary N) is 1. The first-order valence-corrected chi connectivity index (χ1v) is 9.74. The molecule has 146 valence electrons. The van der Waals surface area contributed by atoms with Crippen LogP contribution in [0.3, 0.4) is 0 Å². The molecular formula is C18H22Cl2N4O3. The maximum absolute atomic E-state index is 13.1. The monoisotopic (exact) mass is 412 g/mol. The molecule has 0 radical (unpaired) electrons. The highest BCUT2D eigenvalue weighted by atomic mass is 35.5. The molecule has 27 heavy (non-hydrogen) atoms. The van der Waals surface area contributed by atoms with Crippen LogP contribution >= 0.6 is 23.2 Å². The fourth-order valence-corrected chi connectivity index (χ4v) is 3.50. The van der Waals surface area contributed by atoms with Crippen molar-refractivity contribution >= 4 is 40.9 Å². The van der Waals surface area contributed by atoms with E-state index in [1.807, 2.05) is 0 Å². The summed E-state index contributed by atoms with van der Waals surface area (Å²) in [6.45, 7) is 1.36. The van der Waals surface area contributed by atoms with E-state index in [9.17, 15) is 14.4 Å². The number of nitrogens with one attached hydrogen (secondary N) is 1. The normalized spacial score (nSPS) is 19.7. The summed E-state index contributed by atoms with van der Waals surface area (Å²) in [5.41, 5.74) is 5.79. The summed E-state index contributed by atoms with van der Waals surface area (Å²) in [5.74, 6) is -0.887. The molecule has 7 nitrogen and oxygen atoms in total. The number of nitrogens with zero attached hydrogens (tertiary/aromatic N) is 2. The van der Waals surface area contributed by atoms with E-state index in [1.54, 1.807) is 6.07 Å². The fraction of sp³-hybridized carbons (Fsp3) is 0.500. The van der Waals surface area contributed by atoms with Crippen molar-refractivity contribution in [1.29, 1.82) is 0 Å². The van der Waals surface area contributed by atoms with Crippen LogP contribution < -0.4 is 11.1 Å². The molecule has 1 aromatic rings. The number of hydrogen-bond acceptors (Lipinski definition) is 4. The molecule has 1 atom stereocenters. The van der Waals surface area contributed by atoms with Gasteiger partial charge in [-0.1, -0.05) is 23.2 Å². The molecule has 0 bridgehead atoms. The van der Waals surface area contributed by atoms with Gasteiger partial charge in [-0.25, -0.2) is 0 Å². The molecule has 9 heteroatoms. The predicted molar refractivity (Wildman–Crippen MR) is 102 cm³/mol. The first-order chi connectivity index (χ1) is 12.9. The number of amides is 3. The van der Waals surface area contributed by atoms with Gasteiger partial charge in [-0.3, -0.25) is 14.4 Å². The van der Waals surface area contributed by atoms with Crippen LogP contribution in [0.15, 0.2) is 18.2 Å². The highest BCUT2D eigenvalue weighted by Gasteiger charge is 2.44. The highest BCUT2D eigenvalue weighted by Crippen LogP contribution is 2.33. The second-order valence-corrected chi connectivity index (χ2v) is 7.55. The molecule has 1 aliphatic carbocycles. The zero-order chi connectivity index (χ0) is 19.6. The topological polar surface area (TPSA) is 95.7 Å². The van der Waals surface area contributed by atoms with Gasteiger partial charge in [0.15, 0.2) is 6.17 Å². The number of hydrogen-bond donors (Lipinski definition) is 2. The van der Waals surface area contributed by atoms with Crippen molar-refractivity contribution in [3.63, 3.8) is 0 Å². The Morgan fingerprint density at radius 3 is 2.44 bits per heavy atom. The van der Waals surface area contributed by atoms with E-state index < -0.39 is 12.1 Å². The maximum Gasteiger partial charge on any atom is 0.263 e. The molecule has 3 N–H and O–H groups in total. The van der Waals surface area contributed by atoms with Crippen LogP contribution in [0, 0.1) is 5.92 Å². The Morgan fingerprint density at radius 1 is 1.11 bits per heavy atom. The van der Waals surface area contributed by atoms with E-state index in [4.69, 9.17) is 28.9 Å². The zero-order valence-electron chi connectivity index (χ0n) is 14.8. The summed E-state index contributed by atoms with van der Waals surface area (Å²) in [6.07, 6.45) is 1.27. The first-order valence-electron chi connectivity index (χ1n) is 8.98. The van der Waals surface area contributed by atoms with Crippen molar-refractivity contribution in [3.8, 4) is 0 Å². The van der Waals surface area contributed by atoms with Gasteiger partial charge < -0.3 is 20.9 Å². The summed E-state index contributed by atoms with van der Waals surface area (Å²) < 4.78 is 0. The van der Waals surface area contributed by atoms with E-state index in [2.05, 4.69) is 5.32 Å². The van der Waals surface area contributed by atoms with Crippen LogP contribution in [0.25, 0.3) is 0 Å². The molecule has 1 saturated carbocycles. The van der Waals surface area contributed by atoms with Crippen LogP contribution in [0.1, 0.15) is 29.6 Å². The molecule has 1 saturated heterocycles. The maximum atomic E-state index is 13.1. The average molecular weight is 413 g/mol. The van der Waals surface area contributed by atoms with Gasteiger partial charge in [0.05, 0.1) is 10.0 Å². The number of halogens is 2. The second kappa shape index (κ2) is 8.46. The van der Waals surface area contributed by atoms with Crippen molar-refractivity contribution in [1.82, 2.24) is 15.1 Å². The van der Waals surface area contributed by atoms with Gasteiger partial charge in [-0.15, -0.1) is 0 Å². The minimum atomic E-state index is -0.986. The van der Waals surface area contributed by atoms with Gasteiger partial charge in [0.25, 0.3) is 11.8 Å². The molecule has 0 spiro atoms. The Balaban J connectivity index is 1.89. The summed E-state index contributed by atoms with van der Waals surface area (Å²) in [4.78, 5) is 41.5. The third kappa shape index (κ3) is 4.36. The van der Waals surface area contributed by atoms with Gasteiger partial charge in [0.2, 0.25) is 5.91 Å². The molecule has 1 unspecified atom stereocenters. The SMILES string of the molecule is NCCNC(=O)C1N(C(=O)c2ccc(Cl)c(Cl)c2)CCCN1C(=O)C1CC1. The second-order valence-electron chi connectivity index (χ2n) is 6.74. The Kier molecular flexibility index (Phi) is 6.24. The first kappa shape index (κ1) is 19.9. The van der Waals surface area contributed by atoms with Gasteiger partial charge in [0.1, 0.15) is 0 Å². The van der Waals surface area contributed by atoms with E-state index in [0.717, 1.165) is 12.8 Å². The van der Waals surface area contributed by atoms with Crippen molar-refractivity contribution in [2.75, 3.05) is 26.2 Å². The van der Waals surface area contributed by atoms with Gasteiger partial charge in [-0.2, -0.15) is 0 Å². The third-order valence-electron chi connectivity index (χ3n) is 4.70. The summed E-state index contributed by atoms with van der Waals surface area (Å²) in [7, 11) is 0. The van der Waals surface area contributed by atoms with Crippen LogP contribution in [0.2, 0.25) is 10.0 Å². The van der Waals surface area contributed by atoms with Crippen LogP contribution in [-0.2, 0) is 9.59 Å². The quantitative estimate of drug-likeness (QED) is 0.765. The fourth-order valence-electron chi connectivity index (χ4n) is 3.20. The summed E-state index contributed by atoms with van der Waals surface area (Å²) in [5, 5.41) is 3.31. The zero-order valence-corrected chi connectivity index (χ0v) is 16.3. The summed E-state index contributed by atoms with van der Waals surface area (Å²) >= 11 is 12.0. The number of rotatable bonds is 5. The lowest BCUT2D eigenvalue weighted by Gasteiger charge is -2.43. The lowest BCUT2D eigenvalue weighted by molar-refractivity contribution is -0.150. The van der Waals surface area contributed by atoms with E-state index in [0.29, 0.717) is 30.1 Å². The van der Waals surface area contributed by atoms with E-state index in [-0.39, 0.29) is 35.8 Å². The largest absolute Gasteiger partial charge is 0.351 e. The molecule has 3 amide bonds. The minimum absolute atomic E-state index is 0.0464. The van der Waals surface area contributed by atoms with E-state index >= 15 is 0 Å². The van der Waals surface area contributed by atoms with Gasteiger partial charge >= 0.3 is 0 Å². The van der Waals surface area contributed by atoms with Crippen molar-refractivity contribution in [2.24, 2.45) is 11.7 Å². The lowest BCUT2D eigenvalue weighted by atomic mass is 10.1. The molecule has 1 aromatic carbocycles. The third-order valence-corrected chi connectivity index (χ3v) is 5.44. The predicted octanol–water partition coefficient (Wildman–Crippen LogP) is 1.48. The molecule has 1 aliphatic heterocycles. The highest BCUT2D eigenvalue weighted by molar-refractivity contribution is 6.42. The van der Waals surface area contributed by atoms with Crippen LogP contribution in [0.4, 0.5) is 0 Å². The Hall–Kier alpha value is -1.83. The molecule has 3 rings (SSSR count). The van der Waals surface area contributed by atoms with Gasteiger partial charge in [-0.05, 0) is 37.5 Å². The van der Waals surface area contributed by atoms with E-state index in [1.165, 1.54) is 21.9 Å². The minimum Gasteiger partial charge on any atom is -0.351 e. The summed E-state index contributed by atoms with van der Waals surface area (Å²) in [6, 6.07) is 4.58. The number of benzene rings is 1. The van der Waals surface area contributed by atoms with Crippen molar-refractivity contribution in [3.05, 3.63) is 33.8 Å². The molecule has 1 heterocycles. The van der Waals surface area contributed by atoms with Gasteiger partial charge in [0, 0.05) is 37.7 Å². The molecular weight excluding hydrogens is 391 g/mol. The number of carbonyl (C=O) groups excluding carboxylic acids is 3. The Morgan fingerprint density at radius 2 is 1.81 bits per heavy atom. The lowest BCUT2D eigenvalue weighted by Crippen LogP contribution is -2.64. The standard InChI is InChI=1S/C18H22Cl2N4O3/c19-13-5-4-12(10-14(13)20)18(27)24-9-1-8-23(17(26)11-2-3-11)16(24)15(25)22-7-6-21/h4-5,10-11,16H,1-3,6-9,21H2,(H,22,25).